The van der Waals surface area contributed by atoms with Gasteiger partial charge in [-0.3, -0.25) is 14.5 Å². The molecule has 7 nitrogen and oxygen atoms in total. The van der Waals surface area contributed by atoms with Gasteiger partial charge >= 0.3 is 0 Å². The molecule has 0 radical (unpaired) electrons. The van der Waals surface area contributed by atoms with Gasteiger partial charge in [0, 0.05) is 36.3 Å². The quantitative estimate of drug-likeness (QED) is 0.350. The predicted molar refractivity (Wildman–Crippen MR) is 159 cm³/mol. The molecule has 1 aromatic heterocycles. The van der Waals surface area contributed by atoms with E-state index in [9.17, 15) is 9.59 Å². The molecule has 0 saturated carbocycles. The van der Waals surface area contributed by atoms with E-state index in [0.29, 0.717) is 30.4 Å². The highest BCUT2D eigenvalue weighted by Gasteiger charge is 2.40. The lowest BCUT2D eigenvalue weighted by atomic mass is 9.87. The summed E-state index contributed by atoms with van der Waals surface area (Å²) in [7, 11) is 1.63. The molecular weight excluding hydrogens is 532 g/mol. The number of aryl methyl sites for hydroxylation is 1. The molecule has 0 fully saturated rings. The van der Waals surface area contributed by atoms with E-state index >= 15 is 0 Å². The van der Waals surface area contributed by atoms with Crippen LogP contribution in [0.5, 0.6) is 0 Å². The van der Waals surface area contributed by atoms with Crippen LogP contribution in [0.15, 0.2) is 42.5 Å². The van der Waals surface area contributed by atoms with Crippen LogP contribution in [-0.2, 0) is 19.7 Å². The zero-order chi connectivity index (χ0) is 28.3. The van der Waals surface area contributed by atoms with Crippen molar-refractivity contribution in [2.45, 2.75) is 51.7 Å². The molecule has 0 saturated heterocycles. The molecule has 1 aliphatic heterocycles. The smallest absolute Gasteiger partial charge is 0.240 e. The molecule has 1 N–H and O–H groups in total. The largest absolute Gasteiger partial charge is 0.385 e. The van der Waals surface area contributed by atoms with Crippen molar-refractivity contribution in [2.24, 2.45) is 0 Å². The van der Waals surface area contributed by atoms with Crippen molar-refractivity contribution >= 4 is 41.0 Å². The Labute approximate surface area is 240 Å². The van der Waals surface area contributed by atoms with Crippen molar-refractivity contribution in [1.82, 2.24) is 15.1 Å². The third-order valence-corrected chi connectivity index (χ3v) is 8.39. The lowest BCUT2D eigenvalue weighted by molar-refractivity contribution is -0.122. The van der Waals surface area contributed by atoms with E-state index < -0.39 is 0 Å². The Bertz CT molecular complexity index is 1360. The molecule has 0 bridgehead atoms. The van der Waals surface area contributed by atoms with Crippen LogP contribution in [0.3, 0.4) is 0 Å². The second kappa shape index (κ2) is 12.1. The van der Waals surface area contributed by atoms with Crippen molar-refractivity contribution in [2.75, 3.05) is 37.5 Å². The lowest BCUT2D eigenvalue weighted by Crippen LogP contribution is -2.42. The first-order chi connectivity index (χ1) is 18.5. The van der Waals surface area contributed by atoms with Gasteiger partial charge in [-0.1, -0.05) is 56.6 Å². The number of fused-ring (bicyclic) bond motifs is 1. The Morgan fingerprint density at radius 1 is 1.21 bits per heavy atom. The number of benzene rings is 2. The maximum atomic E-state index is 13.8. The summed E-state index contributed by atoms with van der Waals surface area (Å²) in [5, 5.41) is 8.57. The van der Waals surface area contributed by atoms with Gasteiger partial charge in [0.2, 0.25) is 11.8 Å². The Morgan fingerprint density at radius 3 is 2.64 bits per heavy atom. The summed E-state index contributed by atoms with van der Waals surface area (Å²) < 4.78 is 6.97. The van der Waals surface area contributed by atoms with Gasteiger partial charge in [-0.25, -0.2) is 4.68 Å². The van der Waals surface area contributed by atoms with Crippen molar-refractivity contribution < 1.29 is 14.3 Å². The van der Waals surface area contributed by atoms with Crippen molar-refractivity contribution in [3.8, 4) is 5.69 Å². The minimum absolute atomic E-state index is 0.0955. The lowest BCUT2D eigenvalue weighted by Gasteiger charge is -2.25. The second-order valence-corrected chi connectivity index (χ2v) is 12.4. The summed E-state index contributed by atoms with van der Waals surface area (Å²) in [4.78, 5) is 28.5. The first kappa shape index (κ1) is 29.2. The van der Waals surface area contributed by atoms with E-state index in [0.717, 1.165) is 33.6 Å². The van der Waals surface area contributed by atoms with Crippen LogP contribution in [0.2, 0.25) is 5.02 Å². The number of methoxy groups -OCH3 is 1. The van der Waals surface area contributed by atoms with Gasteiger partial charge in [0.25, 0.3) is 0 Å². The molecule has 2 aromatic carbocycles. The fourth-order valence-corrected chi connectivity index (χ4v) is 6.17. The second-order valence-electron chi connectivity index (χ2n) is 10.9. The minimum Gasteiger partial charge on any atom is -0.385 e. The fourth-order valence-electron chi connectivity index (χ4n) is 4.78. The summed E-state index contributed by atoms with van der Waals surface area (Å²) in [5.74, 6) is 0.507. The highest BCUT2D eigenvalue weighted by molar-refractivity contribution is 8.00. The first-order valence-electron chi connectivity index (χ1n) is 13.2. The third kappa shape index (κ3) is 6.34. The monoisotopic (exact) mass is 568 g/mol. The van der Waals surface area contributed by atoms with E-state index in [4.69, 9.17) is 21.4 Å². The molecule has 3 aromatic rings. The van der Waals surface area contributed by atoms with Gasteiger partial charge in [0.1, 0.15) is 12.4 Å². The molecular formula is C30H37ClN4O3S. The normalized spacial score (nSPS) is 15.7. The number of carbonyl (C=O) groups is 2. The number of rotatable bonds is 8. The molecule has 0 unspecified atom stereocenters. The highest BCUT2D eigenvalue weighted by atomic mass is 35.5. The summed E-state index contributed by atoms with van der Waals surface area (Å²) in [6, 6.07) is 13.8. The molecule has 0 spiro atoms. The molecule has 4 rings (SSSR count). The molecule has 9 heteroatoms. The number of aromatic nitrogens is 2. The average molecular weight is 569 g/mol. The molecule has 39 heavy (non-hydrogen) atoms. The van der Waals surface area contributed by atoms with Crippen molar-refractivity contribution in [3.05, 3.63) is 75.4 Å². The molecule has 208 valence electrons. The Balaban J connectivity index is 1.95. The average Bonchev–Trinajstić information content (AvgIpc) is 3.21. The molecule has 2 amide bonds. The van der Waals surface area contributed by atoms with Gasteiger partial charge in [-0.05, 0) is 55.2 Å². The fraction of sp³-hybridized carbons (Fsp3) is 0.433. The zero-order valence-electron chi connectivity index (χ0n) is 23.5. The Hall–Kier alpha value is -2.81. The third-order valence-electron chi connectivity index (χ3n) is 6.90. The van der Waals surface area contributed by atoms with Crippen molar-refractivity contribution in [1.29, 1.82) is 0 Å². The number of hydrogen-bond donors (Lipinski definition) is 1. The standard InChI is InChI=1S/C30H37ClN4O3S/c1-19-10-7-13-23(20(19)2)35-29-26(28(33-35)30(3,4)5)27(21-11-8-12-22(31)16-21)39-18-25(37)34(29)17-24(36)32-14-9-15-38-6/h7-8,10-13,16,27H,9,14-15,17-18H2,1-6H3,(H,32,36)/t27-/m0/s1. The number of nitrogens with one attached hydrogen (secondary N) is 1. The van der Waals surface area contributed by atoms with Gasteiger partial charge in [0.05, 0.1) is 22.4 Å². The van der Waals surface area contributed by atoms with E-state index in [1.165, 1.54) is 0 Å². The number of halogens is 1. The number of amides is 2. The predicted octanol–water partition coefficient (Wildman–Crippen LogP) is 5.76. The number of nitrogens with zero attached hydrogens (tertiary/aromatic N) is 3. The van der Waals surface area contributed by atoms with Crippen LogP contribution in [0.1, 0.15) is 60.4 Å². The number of carbonyl (C=O) groups excluding carboxylic acids is 2. The minimum atomic E-state index is -0.327. The van der Waals surface area contributed by atoms with Crippen LogP contribution < -0.4 is 10.2 Å². The van der Waals surface area contributed by atoms with E-state index in [1.54, 1.807) is 23.8 Å². The van der Waals surface area contributed by atoms with E-state index in [1.807, 2.05) is 41.1 Å². The Morgan fingerprint density at radius 2 is 1.95 bits per heavy atom. The number of hydrogen-bond acceptors (Lipinski definition) is 5. The molecule has 1 atom stereocenters. The topological polar surface area (TPSA) is 76.5 Å². The molecule has 0 aliphatic carbocycles. The van der Waals surface area contributed by atoms with E-state index in [2.05, 4.69) is 46.0 Å². The summed E-state index contributed by atoms with van der Waals surface area (Å²) in [6.45, 7) is 11.4. The Kier molecular flexibility index (Phi) is 9.09. The van der Waals surface area contributed by atoms with Gasteiger partial charge in [0.15, 0.2) is 0 Å². The van der Waals surface area contributed by atoms with Crippen LogP contribution in [-0.4, -0.2) is 54.2 Å². The van der Waals surface area contributed by atoms with Gasteiger partial charge < -0.3 is 10.1 Å². The maximum absolute atomic E-state index is 13.8. The number of thioether (sulfide) groups is 1. The van der Waals surface area contributed by atoms with Crippen molar-refractivity contribution in [3.63, 3.8) is 0 Å². The first-order valence-corrected chi connectivity index (χ1v) is 14.6. The van der Waals surface area contributed by atoms with Crippen LogP contribution >= 0.6 is 23.4 Å². The number of ether oxygens (including phenoxy) is 1. The van der Waals surface area contributed by atoms with E-state index in [-0.39, 0.29) is 34.8 Å². The summed E-state index contributed by atoms with van der Waals surface area (Å²) in [6.07, 6.45) is 0.697. The summed E-state index contributed by atoms with van der Waals surface area (Å²) >= 11 is 7.98. The zero-order valence-corrected chi connectivity index (χ0v) is 25.1. The maximum Gasteiger partial charge on any atom is 0.240 e. The number of anilines is 1. The van der Waals surface area contributed by atoms with Gasteiger partial charge in [-0.2, -0.15) is 5.10 Å². The summed E-state index contributed by atoms with van der Waals surface area (Å²) in [5.41, 5.74) is 5.57. The van der Waals surface area contributed by atoms with Crippen LogP contribution in [0.4, 0.5) is 5.82 Å². The van der Waals surface area contributed by atoms with Gasteiger partial charge in [-0.15, -0.1) is 11.8 Å². The van der Waals surface area contributed by atoms with Crippen LogP contribution in [0.25, 0.3) is 5.69 Å². The molecule has 2 heterocycles. The highest BCUT2D eigenvalue weighted by Crippen LogP contribution is 2.48. The SMILES string of the molecule is COCCCNC(=O)CN1C(=O)CS[C@@H](c2cccc(Cl)c2)c2c(C(C)(C)C)nn(-c3cccc(C)c3C)c21. The van der Waals surface area contributed by atoms with Crippen LogP contribution in [0, 0.1) is 13.8 Å². The molecule has 1 aliphatic rings.